The normalized spacial score (nSPS) is 18.9. The van der Waals surface area contributed by atoms with Gasteiger partial charge in [0.2, 0.25) is 5.91 Å². The number of carbonyl (C=O) groups excluding carboxylic acids is 1. The lowest BCUT2D eigenvalue weighted by Crippen LogP contribution is -2.54. The third kappa shape index (κ3) is 3.30. The van der Waals surface area contributed by atoms with Crippen LogP contribution in [0, 0.1) is 11.3 Å². The smallest absolute Gasteiger partial charge is 0.244 e. The SMILES string of the molecule is CC1(C)Cc2c(sc(NC(=O)CN3CCc4ccccc43)c2C#N)C(C)(C)N1. The van der Waals surface area contributed by atoms with Crippen molar-refractivity contribution in [2.45, 2.75) is 51.6 Å². The zero-order valence-corrected chi connectivity index (χ0v) is 17.7. The molecule has 0 unspecified atom stereocenters. The van der Waals surface area contributed by atoms with Gasteiger partial charge >= 0.3 is 0 Å². The first-order valence-corrected chi connectivity index (χ1v) is 10.5. The topological polar surface area (TPSA) is 68.2 Å². The zero-order valence-electron chi connectivity index (χ0n) is 16.8. The minimum atomic E-state index is -0.232. The maximum atomic E-state index is 12.8. The third-order valence-corrected chi connectivity index (χ3v) is 7.00. The lowest BCUT2D eigenvalue weighted by molar-refractivity contribution is -0.114. The molecule has 2 N–H and O–H groups in total. The molecule has 4 rings (SSSR count). The Kier molecular flexibility index (Phi) is 4.48. The number of anilines is 2. The number of rotatable bonds is 3. The van der Waals surface area contributed by atoms with E-state index < -0.39 is 0 Å². The molecule has 0 atom stereocenters. The van der Waals surface area contributed by atoms with Crippen molar-refractivity contribution in [1.29, 1.82) is 5.26 Å². The van der Waals surface area contributed by atoms with Gasteiger partial charge in [0.1, 0.15) is 11.1 Å². The number of hydrogen-bond donors (Lipinski definition) is 2. The summed E-state index contributed by atoms with van der Waals surface area (Å²) in [6, 6.07) is 10.6. The van der Waals surface area contributed by atoms with Gasteiger partial charge < -0.3 is 15.5 Å². The van der Waals surface area contributed by atoms with Gasteiger partial charge in [-0.15, -0.1) is 11.3 Å². The van der Waals surface area contributed by atoms with Crippen molar-refractivity contribution in [2.24, 2.45) is 0 Å². The first-order chi connectivity index (χ1) is 13.2. The Bertz CT molecular complexity index is 983. The number of thiophene rings is 1. The Morgan fingerprint density at radius 1 is 1.32 bits per heavy atom. The lowest BCUT2D eigenvalue weighted by Gasteiger charge is -2.42. The van der Waals surface area contributed by atoms with Crippen LogP contribution in [0.5, 0.6) is 0 Å². The van der Waals surface area contributed by atoms with E-state index in [1.54, 1.807) is 0 Å². The summed E-state index contributed by atoms with van der Waals surface area (Å²) in [5, 5.41) is 17.2. The second-order valence-electron chi connectivity index (χ2n) is 8.88. The van der Waals surface area contributed by atoms with Crippen molar-refractivity contribution >= 4 is 27.9 Å². The molecule has 6 heteroatoms. The molecule has 0 fully saturated rings. The van der Waals surface area contributed by atoms with Crippen molar-refractivity contribution in [3.05, 3.63) is 45.8 Å². The molecule has 0 saturated heterocycles. The van der Waals surface area contributed by atoms with Crippen LogP contribution in [0.25, 0.3) is 0 Å². The molecule has 3 heterocycles. The molecule has 0 radical (unpaired) electrons. The molecule has 0 saturated carbocycles. The van der Waals surface area contributed by atoms with Crippen molar-refractivity contribution in [3.8, 4) is 6.07 Å². The van der Waals surface area contributed by atoms with Crippen LogP contribution >= 0.6 is 11.3 Å². The summed E-state index contributed by atoms with van der Waals surface area (Å²) in [7, 11) is 0. The maximum absolute atomic E-state index is 12.8. The average molecular weight is 395 g/mol. The first kappa shape index (κ1) is 19.0. The number of nitrogens with one attached hydrogen (secondary N) is 2. The van der Waals surface area contributed by atoms with Crippen molar-refractivity contribution in [3.63, 3.8) is 0 Å². The molecule has 0 aliphatic carbocycles. The molecule has 2 aromatic rings. The largest absolute Gasteiger partial charge is 0.362 e. The molecule has 1 aromatic carbocycles. The number of nitrogens with zero attached hydrogens (tertiary/aromatic N) is 2. The zero-order chi connectivity index (χ0) is 20.1. The quantitative estimate of drug-likeness (QED) is 0.831. The van der Waals surface area contributed by atoms with Gasteiger partial charge in [0.05, 0.1) is 12.1 Å². The highest BCUT2D eigenvalue weighted by Crippen LogP contribution is 2.44. The van der Waals surface area contributed by atoms with Crippen LogP contribution < -0.4 is 15.5 Å². The summed E-state index contributed by atoms with van der Waals surface area (Å²) >= 11 is 1.53. The molecule has 0 spiro atoms. The van der Waals surface area contributed by atoms with Crippen LogP contribution in [0.4, 0.5) is 10.7 Å². The van der Waals surface area contributed by atoms with Crippen molar-refractivity contribution in [2.75, 3.05) is 23.3 Å². The van der Waals surface area contributed by atoms with Gasteiger partial charge in [-0.3, -0.25) is 4.79 Å². The van der Waals surface area contributed by atoms with E-state index in [9.17, 15) is 10.1 Å². The fourth-order valence-electron chi connectivity index (χ4n) is 4.64. The Labute approximate surface area is 170 Å². The van der Waals surface area contributed by atoms with E-state index in [0.29, 0.717) is 17.1 Å². The van der Waals surface area contributed by atoms with Crippen molar-refractivity contribution in [1.82, 2.24) is 5.32 Å². The molecular weight excluding hydrogens is 368 g/mol. The number of nitriles is 1. The Morgan fingerprint density at radius 2 is 2.07 bits per heavy atom. The Balaban J connectivity index is 1.57. The molecule has 146 valence electrons. The minimum absolute atomic E-state index is 0.0724. The molecule has 2 aliphatic heterocycles. The van der Waals surface area contributed by atoms with Gasteiger partial charge in [0.25, 0.3) is 0 Å². The van der Waals surface area contributed by atoms with E-state index in [2.05, 4.69) is 61.4 Å². The number of hydrogen-bond acceptors (Lipinski definition) is 5. The van der Waals surface area contributed by atoms with E-state index in [0.717, 1.165) is 35.5 Å². The second-order valence-corrected chi connectivity index (χ2v) is 9.91. The standard InChI is InChI=1S/C22H26N4OS/c1-21(2)11-15-16(12-23)20(28-19(15)22(3,4)25-21)24-18(27)13-26-10-9-14-7-5-6-8-17(14)26/h5-8,25H,9-11,13H2,1-4H3,(H,24,27). The van der Waals surface area contributed by atoms with E-state index in [1.165, 1.54) is 16.9 Å². The summed E-state index contributed by atoms with van der Waals surface area (Å²) < 4.78 is 0. The number of carbonyl (C=O) groups is 1. The summed E-state index contributed by atoms with van der Waals surface area (Å²) in [4.78, 5) is 16.0. The van der Waals surface area contributed by atoms with E-state index in [1.807, 2.05) is 12.1 Å². The number of amides is 1. The summed E-state index contributed by atoms with van der Waals surface area (Å²) in [5.41, 5.74) is 3.79. The maximum Gasteiger partial charge on any atom is 0.244 e. The van der Waals surface area contributed by atoms with Crippen molar-refractivity contribution < 1.29 is 4.79 Å². The predicted octanol–water partition coefficient (Wildman–Crippen LogP) is 3.78. The highest BCUT2D eigenvalue weighted by molar-refractivity contribution is 7.17. The van der Waals surface area contributed by atoms with Gasteiger partial charge in [0, 0.05) is 28.2 Å². The van der Waals surface area contributed by atoms with Crippen LogP contribution in [0.3, 0.4) is 0 Å². The molecule has 5 nitrogen and oxygen atoms in total. The average Bonchev–Trinajstić information content (AvgIpc) is 3.15. The van der Waals surface area contributed by atoms with Crippen LogP contribution in [-0.2, 0) is 23.2 Å². The molecule has 28 heavy (non-hydrogen) atoms. The van der Waals surface area contributed by atoms with Gasteiger partial charge in [-0.05, 0) is 57.7 Å². The number of fused-ring (bicyclic) bond motifs is 2. The van der Waals surface area contributed by atoms with E-state index in [-0.39, 0.29) is 17.0 Å². The van der Waals surface area contributed by atoms with Crippen LogP contribution in [0.2, 0.25) is 0 Å². The molecule has 1 amide bonds. The fourth-order valence-corrected chi connectivity index (χ4v) is 5.89. The highest BCUT2D eigenvalue weighted by atomic mass is 32.1. The second kappa shape index (κ2) is 6.61. The van der Waals surface area contributed by atoms with Crippen LogP contribution in [0.1, 0.15) is 49.3 Å². The predicted molar refractivity (Wildman–Crippen MR) is 114 cm³/mol. The molecule has 0 bridgehead atoms. The fraction of sp³-hybridized carbons (Fsp3) is 0.455. The van der Waals surface area contributed by atoms with Crippen LogP contribution in [0.15, 0.2) is 24.3 Å². The van der Waals surface area contributed by atoms with Gasteiger partial charge in [-0.1, -0.05) is 18.2 Å². The minimum Gasteiger partial charge on any atom is -0.362 e. The molecule has 2 aliphatic rings. The summed E-state index contributed by atoms with van der Waals surface area (Å²) in [6.07, 6.45) is 1.75. The summed E-state index contributed by atoms with van der Waals surface area (Å²) in [6.45, 7) is 9.73. The van der Waals surface area contributed by atoms with E-state index >= 15 is 0 Å². The van der Waals surface area contributed by atoms with Gasteiger partial charge in [0.15, 0.2) is 0 Å². The molecule has 1 aromatic heterocycles. The highest BCUT2D eigenvalue weighted by Gasteiger charge is 2.40. The lowest BCUT2D eigenvalue weighted by atomic mass is 9.81. The molecular formula is C22H26N4OS. The number of para-hydroxylation sites is 1. The summed E-state index contributed by atoms with van der Waals surface area (Å²) in [5.74, 6) is -0.0724. The van der Waals surface area contributed by atoms with Crippen LogP contribution in [-0.4, -0.2) is 24.5 Å². The Morgan fingerprint density at radius 3 is 2.82 bits per heavy atom. The van der Waals surface area contributed by atoms with E-state index in [4.69, 9.17) is 0 Å². The van der Waals surface area contributed by atoms with Gasteiger partial charge in [-0.2, -0.15) is 5.26 Å². The number of benzene rings is 1. The monoisotopic (exact) mass is 394 g/mol. The first-order valence-electron chi connectivity index (χ1n) is 9.68. The van der Waals surface area contributed by atoms with Gasteiger partial charge in [-0.25, -0.2) is 0 Å². The Hall–Kier alpha value is -2.36. The third-order valence-electron chi connectivity index (χ3n) is 5.53.